The van der Waals surface area contributed by atoms with Gasteiger partial charge in [0.2, 0.25) is 0 Å². The van der Waals surface area contributed by atoms with Gasteiger partial charge in [-0.25, -0.2) is 0 Å². The second-order valence-corrected chi connectivity index (χ2v) is 11.6. The molecule has 0 saturated carbocycles. The minimum atomic E-state index is 0.427. The Bertz CT molecular complexity index is 287. The van der Waals surface area contributed by atoms with Gasteiger partial charge in [0.05, 0.1) is 0 Å². The molecule has 0 aromatic heterocycles. The fourth-order valence-electron chi connectivity index (χ4n) is 1.46. The van der Waals surface area contributed by atoms with Crippen molar-refractivity contribution in [3.63, 3.8) is 0 Å². The van der Waals surface area contributed by atoms with E-state index in [9.17, 15) is 0 Å². The van der Waals surface area contributed by atoms with Crippen LogP contribution in [0.3, 0.4) is 0 Å². The maximum absolute atomic E-state index is 4.73. The van der Waals surface area contributed by atoms with Crippen LogP contribution in [0.1, 0.15) is 33.3 Å². The first-order chi connectivity index (χ1) is 7.70. The molecule has 0 N–H and O–H groups in total. The van der Waals surface area contributed by atoms with Crippen molar-refractivity contribution >= 4 is 55.2 Å². The Balaban J connectivity index is 2.90. The van der Waals surface area contributed by atoms with Crippen molar-refractivity contribution in [2.75, 3.05) is 0 Å². The van der Waals surface area contributed by atoms with Gasteiger partial charge in [0.15, 0.2) is 0 Å². The molecule has 0 fully saturated rings. The third kappa shape index (κ3) is 4.33. The molecule has 0 heterocycles. The van der Waals surface area contributed by atoms with E-state index in [1.807, 2.05) is 0 Å². The number of hydrogen-bond acceptors (Lipinski definition) is 2. The summed E-state index contributed by atoms with van der Waals surface area (Å²) in [6, 6.07) is 8.68. The van der Waals surface area contributed by atoms with Crippen molar-refractivity contribution in [3.8, 4) is 0 Å². The van der Waals surface area contributed by atoms with E-state index in [0.29, 0.717) is 38.2 Å². The van der Waals surface area contributed by atoms with Gasteiger partial charge >= 0.3 is 123 Å². The summed E-state index contributed by atoms with van der Waals surface area (Å²) >= 11 is 10.6. The van der Waals surface area contributed by atoms with Gasteiger partial charge < -0.3 is 0 Å². The van der Waals surface area contributed by atoms with E-state index in [1.165, 1.54) is 21.8 Å². The Morgan fingerprint density at radius 3 is 1.62 bits per heavy atom. The third-order valence-electron chi connectivity index (χ3n) is 2.18. The third-order valence-corrected chi connectivity index (χ3v) is 8.07. The number of thiol groups is 2. The van der Waals surface area contributed by atoms with Crippen LogP contribution in [0.2, 0.25) is 10.6 Å². The summed E-state index contributed by atoms with van der Waals surface area (Å²) in [5, 5.41) is 2.48. The van der Waals surface area contributed by atoms with Crippen LogP contribution in [0, 0.1) is 0 Å². The molecule has 0 spiro atoms. The van der Waals surface area contributed by atoms with E-state index >= 15 is 0 Å². The Kier molecular flexibility index (Phi) is 7.63. The van der Waals surface area contributed by atoms with E-state index < -0.39 is 0 Å². The maximum atomic E-state index is 4.73. The van der Waals surface area contributed by atoms with Crippen molar-refractivity contribution < 1.29 is 0 Å². The normalized spacial score (nSPS) is 14.8. The van der Waals surface area contributed by atoms with Gasteiger partial charge in [-0.2, -0.15) is 0 Å². The Morgan fingerprint density at radius 2 is 1.31 bits per heavy atom. The molecule has 1 aromatic carbocycles. The van der Waals surface area contributed by atoms with Gasteiger partial charge in [-0.3, -0.25) is 0 Å². The SMILES string of the molecule is CC[Se]C(S)c1ccccc1C(S)[Se]CC. The Morgan fingerprint density at radius 1 is 0.938 bits per heavy atom. The van der Waals surface area contributed by atoms with E-state index in [-0.39, 0.29) is 0 Å². The molecule has 0 amide bonds. The van der Waals surface area contributed by atoms with Gasteiger partial charge in [0, 0.05) is 0 Å². The van der Waals surface area contributed by atoms with Crippen LogP contribution in [0.5, 0.6) is 0 Å². The molecule has 0 aliphatic carbocycles. The molecule has 4 heteroatoms. The van der Waals surface area contributed by atoms with Crippen molar-refractivity contribution in [3.05, 3.63) is 35.4 Å². The van der Waals surface area contributed by atoms with Crippen LogP contribution in [0.15, 0.2) is 24.3 Å². The minimum absolute atomic E-state index is 0.427. The molecular formula is C12H18S2Se2. The van der Waals surface area contributed by atoms with Crippen molar-refractivity contribution in [2.24, 2.45) is 0 Å². The average molecular weight is 384 g/mol. The summed E-state index contributed by atoms with van der Waals surface area (Å²) in [4.78, 5) is 0. The summed E-state index contributed by atoms with van der Waals surface area (Å²) in [6.45, 7) is 4.47. The summed E-state index contributed by atoms with van der Waals surface area (Å²) in [7, 11) is 0. The topological polar surface area (TPSA) is 0 Å². The van der Waals surface area contributed by atoms with Gasteiger partial charge in [0.25, 0.3) is 0 Å². The van der Waals surface area contributed by atoms with Gasteiger partial charge in [-0.05, 0) is 0 Å². The predicted octanol–water partition coefficient (Wildman–Crippen LogP) is 3.83. The molecule has 0 bridgehead atoms. The zero-order valence-corrected chi connectivity index (χ0v) is 14.8. The molecule has 90 valence electrons. The van der Waals surface area contributed by atoms with Crippen LogP contribution in [0.4, 0.5) is 0 Å². The molecule has 1 rings (SSSR count). The summed E-state index contributed by atoms with van der Waals surface area (Å²) in [5.41, 5.74) is 2.81. The zero-order chi connectivity index (χ0) is 12.0. The van der Waals surface area contributed by atoms with Crippen molar-refractivity contribution in [2.45, 2.75) is 32.8 Å². The number of benzene rings is 1. The molecule has 1 aromatic rings. The van der Waals surface area contributed by atoms with E-state index in [0.717, 1.165) is 0 Å². The molecule has 0 radical (unpaired) electrons. The quantitative estimate of drug-likeness (QED) is 0.541. The van der Waals surface area contributed by atoms with E-state index in [1.54, 1.807) is 0 Å². The van der Waals surface area contributed by atoms with Crippen LogP contribution in [-0.4, -0.2) is 29.9 Å². The number of hydrogen-bond donors (Lipinski definition) is 2. The second kappa shape index (κ2) is 8.13. The summed E-state index contributed by atoms with van der Waals surface area (Å²) < 4.78 is 0.854. The molecule has 0 saturated heterocycles. The Hall–Kier alpha value is 0.959. The first-order valence-electron chi connectivity index (χ1n) is 5.38. The molecule has 16 heavy (non-hydrogen) atoms. The van der Waals surface area contributed by atoms with Gasteiger partial charge in [-0.15, -0.1) is 0 Å². The predicted molar refractivity (Wildman–Crippen MR) is 82.4 cm³/mol. The zero-order valence-electron chi connectivity index (χ0n) is 9.59. The molecule has 0 aliphatic rings. The summed E-state index contributed by atoms with van der Waals surface area (Å²) in [6.07, 6.45) is 0. The molecular weight excluding hydrogens is 366 g/mol. The standard InChI is InChI=1S/C12H18S2Se2/c1-3-15-11(13)9-7-5-6-8-10(9)12(14)16-4-2/h5-8,11-14H,3-4H2,1-2H3. The summed E-state index contributed by atoms with van der Waals surface area (Å²) in [5.74, 6) is 0. The van der Waals surface area contributed by atoms with Crippen LogP contribution in [0.25, 0.3) is 0 Å². The number of rotatable bonds is 6. The molecule has 0 nitrogen and oxygen atoms in total. The van der Waals surface area contributed by atoms with Crippen molar-refractivity contribution in [1.82, 2.24) is 0 Å². The fourth-order valence-corrected chi connectivity index (χ4v) is 6.45. The second-order valence-electron chi connectivity index (χ2n) is 3.24. The van der Waals surface area contributed by atoms with Crippen LogP contribution in [-0.2, 0) is 0 Å². The average Bonchev–Trinajstić information content (AvgIpc) is 2.30. The monoisotopic (exact) mass is 386 g/mol. The van der Waals surface area contributed by atoms with Crippen molar-refractivity contribution in [1.29, 1.82) is 0 Å². The van der Waals surface area contributed by atoms with Gasteiger partial charge in [0.1, 0.15) is 0 Å². The van der Waals surface area contributed by atoms with E-state index in [2.05, 4.69) is 38.1 Å². The molecule has 2 unspecified atom stereocenters. The Labute approximate surface area is 122 Å². The van der Waals surface area contributed by atoms with Crippen LogP contribution >= 0.6 is 25.3 Å². The first-order valence-corrected chi connectivity index (χ1v) is 10.8. The van der Waals surface area contributed by atoms with Gasteiger partial charge in [-0.1, -0.05) is 0 Å². The molecule has 0 aliphatic heterocycles. The fraction of sp³-hybridized carbons (Fsp3) is 0.500. The first kappa shape index (κ1) is 15.0. The van der Waals surface area contributed by atoms with Crippen LogP contribution < -0.4 is 0 Å². The molecule has 2 atom stereocenters. The van der Waals surface area contributed by atoms with E-state index in [4.69, 9.17) is 25.3 Å².